The number of ether oxygens (including phenoxy) is 1. The molecule has 1 aliphatic heterocycles. The van der Waals surface area contributed by atoms with Crippen LogP contribution in [-0.2, 0) is 13.1 Å². The van der Waals surface area contributed by atoms with Crippen molar-refractivity contribution < 1.29 is 22.7 Å². The number of rotatable bonds is 6. The van der Waals surface area contributed by atoms with E-state index in [2.05, 4.69) is 16.4 Å². The van der Waals surface area contributed by atoms with E-state index in [9.17, 15) is 18.0 Å². The third-order valence-electron chi connectivity index (χ3n) is 5.64. The molecule has 8 heteroatoms. The second-order valence-electron chi connectivity index (χ2n) is 8.01. The molecule has 0 unspecified atom stereocenters. The van der Waals surface area contributed by atoms with Crippen molar-refractivity contribution in [1.82, 2.24) is 4.98 Å². The second-order valence-corrected chi connectivity index (χ2v) is 8.01. The minimum atomic E-state index is -4.40. The fourth-order valence-corrected chi connectivity index (χ4v) is 4.04. The Morgan fingerprint density at radius 3 is 2.62 bits per heavy atom. The summed E-state index contributed by atoms with van der Waals surface area (Å²) in [6, 6.07) is 21.7. The number of hydrogen-bond acceptors (Lipinski definition) is 4. The smallest absolute Gasteiger partial charge is 0.422 e. The van der Waals surface area contributed by atoms with E-state index in [0.29, 0.717) is 24.3 Å². The number of halogens is 3. The van der Waals surface area contributed by atoms with Crippen molar-refractivity contribution >= 4 is 28.2 Å². The number of pyridine rings is 1. The first-order valence-corrected chi connectivity index (χ1v) is 10.7. The van der Waals surface area contributed by atoms with Crippen LogP contribution in [-0.4, -0.2) is 23.7 Å². The Morgan fingerprint density at radius 1 is 1.00 bits per heavy atom. The summed E-state index contributed by atoms with van der Waals surface area (Å²) >= 11 is 0. The molecule has 1 amide bonds. The molecule has 0 spiro atoms. The maximum atomic E-state index is 13.2. The molecule has 5 rings (SSSR count). The minimum Gasteiger partial charge on any atom is -0.484 e. The van der Waals surface area contributed by atoms with Crippen LogP contribution in [0.2, 0.25) is 0 Å². The van der Waals surface area contributed by atoms with Gasteiger partial charge in [-0.1, -0.05) is 24.3 Å². The molecular formula is C26H20F3N3O2. The Balaban J connectivity index is 1.31. The van der Waals surface area contributed by atoms with E-state index in [1.807, 2.05) is 42.5 Å². The number of alkyl halides is 3. The van der Waals surface area contributed by atoms with Crippen LogP contribution in [0, 0.1) is 0 Å². The van der Waals surface area contributed by atoms with Gasteiger partial charge in [-0.15, -0.1) is 0 Å². The lowest BCUT2D eigenvalue weighted by Gasteiger charge is -2.17. The lowest BCUT2D eigenvalue weighted by atomic mass is 10.1. The number of nitrogens with zero attached hydrogens (tertiary/aromatic N) is 2. The standard InChI is InChI=1S/C26H20F3N3O2/c27-26(28,29)16-34-21-9-7-20(8-10-21)32-15-19-3-1-5-23(24(19)25(32)33)31-14-17-6-11-22-18(13-17)4-2-12-30-22/h1-13,31H,14-16H2. The second kappa shape index (κ2) is 8.70. The molecule has 0 aliphatic carbocycles. The summed E-state index contributed by atoms with van der Waals surface area (Å²) in [6.45, 7) is -0.433. The minimum absolute atomic E-state index is 0.0955. The fourth-order valence-electron chi connectivity index (χ4n) is 4.04. The predicted molar refractivity (Wildman–Crippen MR) is 124 cm³/mol. The van der Waals surface area contributed by atoms with Crippen LogP contribution in [0.1, 0.15) is 21.5 Å². The van der Waals surface area contributed by atoms with Gasteiger partial charge in [0, 0.05) is 29.5 Å². The molecular weight excluding hydrogens is 443 g/mol. The van der Waals surface area contributed by atoms with Crippen molar-refractivity contribution in [3.8, 4) is 5.75 Å². The lowest BCUT2D eigenvalue weighted by Crippen LogP contribution is -2.23. The van der Waals surface area contributed by atoms with Gasteiger partial charge in [-0.3, -0.25) is 9.78 Å². The Kier molecular flexibility index (Phi) is 5.57. The predicted octanol–water partition coefficient (Wildman–Crippen LogP) is 5.95. The molecule has 0 bridgehead atoms. The number of benzene rings is 3. The number of carbonyl (C=O) groups excluding carboxylic acids is 1. The highest BCUT2D eigenvalue weighted by atomic mass is 19.4. The third-order valence-corrected chi connectivity index (χ3v) is 5.64. The van der Waals surface area contributed by atoms with Gasteiger partial charge >= 0.3 is 6.18 Å². The summed E-state index contributed by atoms with van der Waals surface area (Å²) in [4.78, 5) is 19.2. The molecule has 0 saturated heterocycles. The summed E-state index contributed by atoms with van der Waals surface area (Å²) in [5, 5.41) is 4.42. The quantitative estimate of drug-likeness (QED) is 0.384. The molecule has 1 N–H and O–H groups in total. The molecule has 5 nitrogen and oxygen atoms in total. The van der Waals surface area contributed by atoms with Crippen molar-refractivity contribution in [1.29, 1.82) is 0 Å². The van der Waals surface area contributed by atoms with E-state index < -0.39 is 12.8 Å². The SMILES string of the molecule is O=C1c2c(cccc2NCc2ccc3ncccc3c2)CN1c1ccc(OCC(F)(F)F)cc1. The van der Waals surface area contributed by atoms with Crippen LogP contribution >= 0.6 is 0 Å². The zero-order chi connectivity index (χ0) is 23.7. The van der Waals surface area contributed by atoms with Crippen molar-refractivity contribution in [2.24, 2.45) is 0 Å². The lowest BCUT2D eigenvalue weighted by molar-refractivity contribution is -0.153. The van der Waals surface area contributed by atoms with Crippen LogP contribution in [0.4, 0.5) is 24.5 Å². The highest BCUT2D eigenvalue weighted by molar-refractivity contribution is 6.13. The van der Waals surface area contributed by atoms with E-state index in [-0.39, 0.29) is 11.7 Å². The molecule has 2 heterocycles. The Bertz CT molecular complexity index is 1350. The van der Waals surface area contributed by atoms with Crippen molar-refractivity contribution in [2.75, 3.05) is 16.8 Å². The molecule has 34 heavy (non-hydrogen) atoms. The van der Waals surface area contributed by atoms with Gasteiger partial charge in [0.05, 0.1) is 17.6 Å². The summed E-state index contributed by atoms with van der Waals surface area (Å²) in [6.07, 6.45) is -2.65. The number of nitrogens with one attached hydrogen (secondary N) is 1. The van der Waals surface area contributed by atoms with Gasteiger partial charge in [0.25, 0.3) is 5.91 Å². The van der Waals surface area contributed by atoms with E-state index in [1.54, 1.807) is 23.2 Å². The molecule has 1 aromatic heterocycles. The van der Waals surface area contributed by atoms with E-state index >= 15 is 0 Å². The molecule has 0 atom stereocenters. The Labute approximate surface area is 193 Å². The normalized spacial score (nSPS) is 13.3. The van der Waals surface area contributed by atoms with E-state index in [0.717, 1.165) is 27.7 Å². The number of hydrogen-bond donors (Lipinski definition) is 1. The van der Waals surface area contributed by atoms with Gasteiger partial charge in [0.2, 0.25) is 0 Å². The van der Waals surface area contributed by atoms with Gasteiger partial charge in [-0.05, 0) is 59.7 Å². The largest absolute Gasteiger partial charge is 0.484 e. The first-order valence-electron chi connectivity index (χ1n) is 10.7. The highest BCUT2D eigenvalue weighted by Crippen LogP contribution is 2.34. The monoisotopic (exact) mass is 463 g/mol. The number of amides is 1. The van der Waals surface area contributed by atoms with Gasteiger partial charge in [0.15, 0.2) is 6.61 Å². The van der Waals surface area contributed by atoms with E-state index in [1.165, 1.54) is 12.1 Å². The van der Waals surface area contributed by atoms with E-state index in [4.69, 9.17) is 4.74 Å². The topological polar surface area (TPSA) is 54.5 Å². The summed E-state index contributed by atoms with van der Waals surface area (Å²) in [5.41, 5.74) is 4.80. The molecule has 3 aromatic carbocycles. The summed E-state index contributed by atoms with van der Waals surface area (Å²) in [7, 11) is 0. The van der Waals surface area contributed by atoms with Crippen LogP contribution < -0.4 is 15.0 Å². The molecule has 0 saturated carbocycles. The van der Waals surface area contributed by atoms with Crippen LogP contribution in [0.5, 0.6) is 5.75 Å². The Hall–Kier alpha value is -4.07. The maximum Gasteiger partial charge on any atom is 0.422 e. The highest BCUT2D eigenvalue weighted by Gasteiger charge is 2.31. The van der Waals surface area contributed by atoms with Crippen LogP contribution in [0.25, 0.3) is 10.9 Å². The summed E-state index contributed by atoms with van der Waals surface area (Å²) < 4.78 is 41.8. The molecule has 4 aromatic rings. The first kappa shape index (κ1) is 21.8. The first-order chi connectivity index (χ1) is 16.4. The number of anilines is 2. The van der Waals surface area contributed by atoms with Gasteiger partial charge in [-0.2, -0.15) is 13.2 Å². The molecule has 0 radical (unpaired) electrons. The van der Waals surface area contributed by atoms with Crippen LogP contribution in [0.3, 0.4) is 0 Å². The maximum absolute atomic E-state index is 13.2. The number of aromatic nitrogens is 1. The van der Waals surface area contributed by atoms with Crippen molar-refractivity contribution in [2.45, 2.75) is 19.3 Å². The van der Waals surface area contributed by atoms with Crippen molar-refractivity contribution in [3.63, 3.8) is 0 Å². The molecule has 0 fully saturated rings. The fraction of sp³-hybridized carbons (Fsp3) is 0.154. The molecule has 172 valence electrons. The zero-order valence-electron chi connectivity index (χ0n) is 18.0. The van der Waals surface area contributed by atoms with Gasteiger partial charge in [0.1, 0.15) is 5.75 Å². The average Bonchev–Trinajstić information content (AvgIpc) is 3.18. The van der Waals surface area contributed by atoms with Gasteiger partial charge in [-0.25, -0.2) is 0 Å². The van der Waals surface area contributed by atoms with Gasteiger partial charge < -0.3 is 15.0 Å². The number of carbonyl (C=O) groups is 1. The summed E-state index contributed by atoms with van der Waals surface area (Å²) in [5.74, 6) is -0.0667. The Morgan fingerprint density at radius 2 is 1.82 bits per heavy atom. The molecule has 1 aliphatic rings. The van der Waals surface area contributed by atoms with Crippen LogP contribution in [0.15, 0.2) is 79.0 Å². The average molecular weight is 463 g/mol. The third kappa shape index (κ3) is 4.52. The zero-order valence-corrected chi connectivity index (χ0v) is 18.0. The van der Waals surface area contributed by atoms with Crippen molar-refractivity contribution in [3.05, 3.63) is 95.7 Å². The number of fused-ring (bicyclic) bond motifs is 2.